The molecule has 124 valence electrons. The highest BCUT2D eigenvalue weighted by atomic mass is 35.5. The predicted octanol–water partition coefficient (Wildman–Crippen LogP) is 5.49. The topological polar surface area (TPSA) is 52.9 Å². The number of aliphatic imine (C=N–C) groups is 1. The molecule has 0 aliphatic carbocycles. The van der Waals surface area contributed by atoms with Crippen LogP contribution in [0.3, 0.4) is 0 Å². The largest absolute Gasteiger partial charge is 0.465 e. The summed E-state index contributed by atoms with van der Waals surface area (Å²) in [5.74, 6) is 0. The van der Waals surface area contributed by atoms with Crippen molar-refractivity contribution in [2.45, 2.75) is 12.1 Å². The summed E-state index contributed by atoms with van der Waals surface area (Å²) in [6, 6.07) is 13.7. The van der Waals surface area contributed by atoms with Crippen molar-refractivity contribution >= 4 is 46.2 Å². The number of halogens is 2. The second kappa shape index (κ2) is 7.05. The smallest absolute Gasteiger partial charge is 0.414 e. The van der Waals surface area contributed by atoms with Gasteiger partial charge in [0.15, 0.2) is 5.17 Å². The average molecular weight is 381 g/mol. The molecule has 0 bridgehead atoms. The highest BCUT2D eigenvalue weighted by Crippen LogP contribution is 2.44. The quantitative estimate of drug-likeness (QED) is 0.749. The van der Waals surface area contributed by atoms with E-state index in [0.717, 1.165) is 11.1 Å². The number of carbonyl (C=O) groups is 1. The summed E-state index contributed by atoms with van der Waals surface area (Å²) in [6.07, 6.45) is 0.789. The summed E-state index contributed by atoms with van der Waals surface area (Å²) in [7, 11) is 0. The van der Waals surface area contributed by atoms with Gasteiger partial charge >= 0.3 is 6.09 Å². The van der Waals surface area contributed by atoms with Crippen LogP contribution in [-0.4, -0.2) is 27.5 Å². The lowest BCUT2D eigenvalue weighted by molar-refractivity contribution is 0.157. The molecule has 1 aliphatic rings. The first-order valence-electron chi connectivity index (χ1n) is 7.16. The molecule has 1 aliphatic heterocycles. The molecule has 1 N–H and O–H groups in total. The second-order valence-electron chi connectivity index (χ2n) is 5.26. The van der Waals surface area contributed by atoms with Crippen molar-refractivity contribution in [3.05, 3.63) is 69.7 Å². The summed E-state index contributed by atoms with van der Waals surface area (Å²) in [6.45, 7) is 0. The van der Waals surface area contributed by atoms with E-state index in [1.807, 2.05) is 30.5 Å². The molecule has 2 aromatic carbocycles. The van der Waals surface area contributed by atoms with E-state index in [1.165, 1.54) is 16.7 Å². The predicted molar refractivity (Wildman–Crippen MR) is 99.2 cm³/mol. The van der Waals surface area contributed by atoms with Gasteiger partial charge in [-0.05, 0) is 41.6 Å². The fraction of sp³-hybridized carbons (Fsp3) is 0.176. The van der Waals surface area contributed by atoms with Gasteiger partial charge in [-0.2, -0.15) is 0 Å². The zero-order valence-corrected chi connectivity index (χ0v) is 15.0. The first-order valence-corrected chi connectivity index (χ1v) is 9.14. The Labute approximate surface area is 154 Å². The first kappa shape index (κ1) is 17.1. The van der Waals surface area contributed by atoms with Gasteiger partial charge in [-0.25, -0.2) is 9.69 Å². The van der Waals surface area contributed by atoms with E-state index in [9.17, 15) is 9.90 Å². The van der Waals surface area contributed by atoms with E-state index in [2.05, 4.69) is 4.99 Å². The fourth-order valence-electron chi connectivity index (χ4n) is 2.77. The standard InChI is InChI=1S/C17H14Cl2N2O2S/c1-24-16-20-14(10-2-6-12(18)7-3-10)15(21(16)17(22)23)11-4-8-13(19)9-5-11/h2-9,14-15H,1H3,(H,22,23)/t14-,15+/m1/s1. The number of carboxylic acid groups (broad SMARTS) is 1. The summed E-state index contributed by atoms with van der Waals surface area (Å²) in [5, 5.41) is 11.4. The van der Waals surface area contributed by atoms with Crippen LogP contribution >= 0.6 is 35.0 Å². The van der Waals surface area contributed by atoms with Gasteiger partial charge in [0.1, 0.15) is 6.04 Å². The van der Waals surface area contributed by atoms with E-state index in [1.54, 1.807) is 24.3 Å². The molecular weight excluding hydrogens is 367 g/mol. The van der Waals surface area contributed by atoms with Crippen molar-refractivity contribution in [2.75, 3.05) is 6.26 Å². The van der Waals surface area contributed by atoms with Crippen molar-refractivity contribution in [3.8, 4) is 0 Å². The minimum absolute atomic E-state index is 0.331. The van der Waals surface area contributed by atoms with Crippen molar-refractivity contribution in [1.29, 1.82) is 0 Å². The molecule has 0 unspecified atom stereocenters. The van der Waals surface area contributed by atoms with Gasteiger partial charge in [0.05, 0.1) is 6.04 Å². The summed E-state index contributed by atoms with van der Waals surface area (Å²) >= 11 is 13.2. The molecule has 0 saturated carbocycles. The molecule has 0 radical (unpaired) electrons. The molecule has 0 spiro atoms. The molecule has 7 heteroatoms. The summed E-state index contributed by atoms with van der Waals surface area (Å²) in [5.41, 5.74) is 1.75. The molecule has 1 heterocycles. The maximum atomic E-state index is 11.8. The lowest BCUT2D eigenvalue weighted by Gasteiger charge is -2.26. The minimum atomic E-state index is -1.03. The Hall–Kier alpha value is -1.69. The minimum Gasteiger partial charge on any atom is -0.465 e. The lowest BCUT2D eigenvalue weighted by atomic mass is 9.94. The van der Waals surface area contributed by atoms with Crippen LogP contribution in [0.4, 0.5) is 4.79 Å². The Balaban J connectivity index is 2.09. The van der Waals surface area contributed by atoms with E-state index in [0.29, 0.717) is 15.2 Å². The molecule has 0 saturated heterocycles. The number of rotatable bonds is 2. The second-order valence-corrected chi connectivity index (χ2v) is 6.91. The van der Waals surface area contributed by atoms with Crippen molar-refractivity contribution in [2.24, 2.45) is 4.99 Å². The van der Waals surface area contributed by atoms with Crippen molar-refractivity contribution < 1.29 is 9.90 Å². The van der Waals surface area contributed by atoms with Gasteiger partial charge < -0.3 is 5.11 Å². The van der Waals surface area contributed by atoms with E-state index in [-0.39, 0.29) is 6.04 Å². The maximum Gasteiger partial charge on any atom is 0.414 e. The SMILES string of the molecule is CSC1=N[C@H](c2ccc(Cl)cc2)[C@H](c2ccc(Cl)cc2)N1C(=O)O. The van der Waals surface area contributed by atoms with Gasteiger partial charge in [0.25, 0.3) is 0 Å². The van der Waals surface area contributed by atoms with Gasteiger partial charge in [0, 0.05) is 10.0 Å². The number of thioether (sulfide) groups is 1. The Morgan fingerprint density at radius 1 is 1.04 bits per heavy atom. The number of benzene rings is 2. The Bertz CT molecular complexity index is 778. The van der Waals surface area contributed by atoms with E-state index < -0.39 is 12.1 Å². The summed E-state index contributed by atoms with van der Waals surface area (Å²) in [4.78, 5) is 17.8. The van der Waals surface area contributed by atoms with Gasteiger partial charge in [-0.1, -0.05) is 59.2 Å². The van der Waals surface area contributed by atoms with Crippen molar-refractivity contribution in [3.63, 3.8) is 0 Å². The molecule has 4 nitrogen and oxygen atoms in total. The fourth-order valence-corrected chi connectivity index (χ4v) is 3.63. The zero-order chi connectivity index (χ0) is 17.3. The van der Waals surface area contributed by atoms with Crippen LogP contribution in [0.1, 0.15) is 23.2 Å². The Kier molecular flexibility index (Phi) is 5.04. The van der Waals surface area contributed by atoms with Gasteiger partial charge in [0.2, 0.25) is 0 Å². The average Bonchev–Trinajstić information content (AvgIpc) is 2.96. The number of amidine groups is 1. The molecule has 24 heavy (non-hydrogen) atoms. The zero-order valence-electron chi connectivity index (χ0n) is 12.7. The maximum absolute atomic E-state index is 11.8. The third-order valence-corrected chi connectivity index (χ3v) is 5.02. The van der Waals surface area contributed by atoms with Crippen LogP contribution in [0.15, 0.2) is 53.5 Å². The van der Waals surface area contributed by atoms with Crippen LogP contribution < -0.4 is 0 Å². The van der Waals surface area contributed by atoms with Crippen LogP contribution in [0.5, 0.6) is 0 Å². The number of hydrogen-bond acceptors (Lipinski definition) is 3. The van der Waals surface area contributed by atoms with Crippen LogP contribution in [0, 0.1) is 0 Å². The van der Waals surface area contributed by atoms with Crippen LogP contribution in [0.25, 0.3) is 0 Å². The monoisotopic (exact) mass is 380 g/mol. The molecule has 2 aromatic rings. The third kappa shape index (κ3) is 3.24. The number of amides is 1. The van der Waals surface area contributed by atoms with E-state index in [4.69, 9.17) is 23.2 Å². The van der Waals surface area contributed by atoms with Gasteiger partial charge in [-0.3, -0.25) is 4.99 Å². The molecule has 0 fully saturated rings. The molecule has 1 amide bonds. The van der Waals surface area contributed by atoms with Crippen molar-refractivity contribution in [1.82, 2.24) is 4.90 Å². The molecule has 2 atom stereocenters. The van der Waals surface area contributed by atoms with Gasteiger partial charge in [-0.15, -0.1) is 0 Å². The van der Waals surface area contributed by atoms with Crippen LogP contribution in [0.2, 0.25) is 10.0 Å². The van der Waals surface area contributed by atoms with Crippen LogP contribution in [-0.2, 0) is 0 Å². The first-order chi connectivity index (χ1) is 11.5. The normalized spacial score (nSPS) is 20.1. The summed E-state index contributed by atoms with van der Waals surface area (Å²) < 4.78 is 0. The molecular formula is C17H14Cl2N2O2S. The lowest BCUT2D eigenvalue weighted by Crippen LogP contribution is -2.34. The highest BCUT2D eigenvalue weighted by molar-refractivity contribution is 8.13. The third-order valence-electron chi connectivity index (χ3n) is 3.84. The highest BCUT2D eigenvalue weighted by Gasteiger charge is 2.41. The number of hydrogen-bond donors (Lipinski definition) is 1. The number of nitrogens with zero attached hydrogens (tertiary/aromatic N) is 2. The van der Waals surface area contributed by atoms with E-state index >= 15 is 0 Å². The Morgan fingerprint density at radius 3 is 2.00 bits per heavy atom. The molecule has 3 rings (SSSR count). The molecule has 0 aromatic heterocycles. The Morgan fingerprint density at radius 2 is 1.54 bits per heavy atom.